The van der Waals surface area contributed by atoms with Gasteiger partial charge in [0.15, 0.2) is 0 Å². The molecule has 56 valence electrons. The van der Waals surface area contributed by atoms with Crippen LogP contribution in [0.15, 0.2) is 12.2 Å². The second-order valence-corrected chi connectivity index (χ2v) is 1.69. The predicted octanol–water partition coefficient (Wildman–Crippen LogP) is 0.148. The van der Waals surface area contributed by atoms with E-state index in [2.05, 4.69) is 5.73 Å². The minimum atomic E-state index is -0.811. The highest BCUT2D eigenvalue weighted by atomic mass is 16.2. The molecule has 10 heavy (non-hydrogen) atoms. The Kier molecular flexibility index (Phi) is 3.95. The van der Waals surface area contributed by atoms with Crippen molar-refractivity contribution in [3.05, 3.63) is 12.2 Å². The molecule has 0 aliphatic heterocycles. The number of urea groups is 1. The Bertz CT molecular complexity index is 163. The van der Waals surface area contributed by atoms with E-state index in [0.29, 0.717) is 0 Å². The first-order valence-electron chi connectivity index (χ1n) is 2.87. The summed E-state index contributed by atoms with van der Waals surface area (Å²) in [6.07, 6.45) is 3.55. The van der Waals surface area contributed by atoms with Crippen LogP contribution in [0.2, 0.25) is 0 Å². The molecule has 4 heteroatoms. The number of carbonyl (C=O) groups is 2. The maximum atomic E-state index is 10.5. The number of amides is 3. The summed E-state index contributed by atoms with van der Waals surface area (Å²) >= 11 is 0. The van der Waals surface area contributed by atoms with Crippen molar-refractivity contribution in [1.29, 1.82) is 0 Å². The van der Waals surface area contributed by atoms with Crippen LogP contribution in [0.25, 0.3) is 0 Å². The van der Waals surface area contributed by atoms with E-state index >= 15 is 0 Å². The van der Waals surface area contributed by atoms with E-state index < -0.39 is 6.03 Å². The summed E-state index contributed by atoms with van der Waals surface area (Å²) in [5.74, 6) is -0.384. The maximum absolute atomic E-state index is 10.5. The van der Waals surface area contributed by atoms with Gasteiger partial charge in [0.2, 0.25) is 5.91 Å². The van der Waals surface area contributed by atoms with Crippen LogP contribution in [0, 0.1) is 0 Å². The highest BCUT2D eigenvalue weighted by Gasteiger charge is 1.98. The third-order valence-corrected chi connectivity index (χ3v) is 0.802. The van der Waals surface area contributed by atoms with Crippen molar-refractivity contribution in [2.45, 2.75) is 13.3 Å². The van der Waals surface area contributed by atoms with Gasteiger partial charge in [-0.15, -0.1) is 0 Å². The molecular weight excluding hydrogens is 132 g/mol. The summed E-state index contributed by atoms with van der Waals surface area (Å²) in [5.41, 5.74) is 4.67. The van der Waals surface area contributed by atoms with Crippen molar-refractivity contribution in [3.63, 3.8) is 0 Å². The summed E-state index contributed by atoms with van der Waals surface area (Å²) in [7, 11) is 0. The van der Waals surface area contributed by atoms with E-state index in [-0.39, 0.29) is 12.3 Å². The van der Waals surface area contributed by atoms with E-state index in [4.69, 9.17) is 0 Å². The summed E-state index contributed by atoms with van der Waals surface area (Å²) in [5, 5.41) is 1.93. The molecule has 0 radical (unpaired) electrons. The molecule has 0 aromatic heterocycles. The molecule has 0 heterocycles. The van der Waals surface area contributed by atoms with Gasteiger partial charge in [-0.25, -0.2) is 4.79 Å². The van der Waals surface area contributed by atoms with E-state index in [1.165, 1.54) is 0 Å². The molecule has 0 atom stereocenters. The van der Waals surface area contributed by atoms with Gasteiger partial charge in [0.1, 0.15) is 0 Å². The summed E-state index contributed by atoms with van der Waals surface area (Å²) < 4.78 is 0. The van der Waals surface area contributed by atoms with Gasteiger partial charge in [0.25, 0.3) is 0 Å². The zero-order chi connectivity index (χ0) is 7.98. The van der Waals surface area contributed by atoms with Crippen LogP contribution in [-0.4, -0.2) is 11.9 Å². The molecule has 0 fully saturated rings. The van der Waals surface area contributed by atoms with Gasteiger partial charge in [-0.2, -0.15) is 0 Å². The molecule has 0 aromatic carbocycles. The van der Waals surface area contributed by atoms with Crippen LogP contribution in [0.4, 0.5) is 4.79 Å². The molecule has 0 aromatic rings. The third kappa shape index (κ3) is 4.83. The summed E-state index contributed by atoms with van der Waals surface area (Å²) in [4.78, 5) is 20.6. The highest BCUT2D eigenvalue weighted by molar-refractivity contribution is 5.93. The first-order chi connectivity index (χ1) is 4.66. The molecule has 3 amide bonds. The molecule has 0 saturated heterocycles. The van der Waals surface area contributed by atoms with Crippen molar-refractivity contribution in [1.82, 2.24) is 5.32 Å². The number of nitrogens with two attached hydrogens (primary N) is 1. The Hall–Kier alpha value is -1.32. The number of imide groups is 1. The fourth-order valence-electron chi connectivity index (χ4n) is 0.413. The van der Waals surface area contributed by atoms with Gasteiger partial charge < -0.3 is 5.73 Å². The topological polar surface area (TPSA) is 72.2 Å². The van der Waals surface area contributed by atoms with Crippen LogP contribution < -0.4 is 11.1 Å². The number of nitrogens with one attached hydrogen (secondary N) is 1. The van der Waals surface area contributed by atoms with Crippen LogP contribution >= 0.6 is 0 Å². The Labute approximate surface area is 59.1 Å². The van der Waals surface area contributed by atoms with Gasteiger partial charge in [-0.1, -0.05) is 12.2 Å². The third-order valence-electron chi connectivity index (χ3n) is 0.802. The van der Waals surface area contributed by atoms with E-state index in [1.54, 1.807) is 19.1 Å². The van der Waals surface area contributed by atoms with E-state index in [9.17, 15) is 9.59 Å². The van der Waals surface area contributed by atoms with E-state index in [1.807, 2.05) is 5.32 Å². The van der Waals surface area contributed by atoms with Gasteiger partial charge >= 0.3 is 6.03 Å². The lowest BCUT2D eigenvalue weighted by atomic mass is 10.4. The van der Waals surface area contributed by atoms with Gasteiger partial charge in [-0.3, -0.25) is 10.1 Å². The summed E-state index contributed by atoms with van der Waals surface area (Å²) in [6, 6.07) is -0.811. The molecule has 0 unspecified atom stereocenters. The van der Waals surface area contributed by atoms with Crippen LogP contribution in [0.5, 0.6) is 0 Å². The zero-order valence-corrected chi connectivity index (χ0v) is 5.76. The average molecular weight is 142 g/mol. The molecule has 0 spiro atoms. The number of carbonyl (C=O) groups excluding carboxylic acids is 2. The maximum Gasteiger partial charge on any atom is 0.318 e. The minimum absolute atomic E-state index is 0.194. The smallest absolute Gasteiger partial charge is 0.318 e. The van der Waals surface area contributed by atoms with Crippen molar-refractivity contribution in [3.8, 4) is 0 Å². The lowest BCUT2D eigenvalue weighted by Gasteiger charge is -1.94. The fraction of sp³-hybridized carbons (Fsp3) is 0.333. The lowest BCUT2D eigenvalue weighted by Crippen LogP contribution is -2.34. The van der Waals surface area contributed by atoms with Crippen LogP contribution in [0.3, 0.4) is 0 Å². The fourth-order valence-corrected chi connectivity index (χ4v) is 0.413. The van der Waals surface area contributed by atoms with Gasteiger partial charge in [0, 0.05) is 6.42 Å². The number of primary amides is 1. The zero-order valence-electron chi connectivity index (χ0n) is 5.76. The van der Waals surface area contributed by atoms with Crippen LogP contribution in [-0.2, 0) is 4.79 Å². The Balaban J connectivity index is 3.54. The standard InChI is InChI=1S/C6H10N2O2/c1-2-3-4-5(9)8-6(7)10/h2-3H,4H2,1H3,(H3,7,8,9,10)/b3-2-. The quantitative estimate of drug-likeness (QED) is 0.538. The van der Waals surface area contributed by atoms with Crippen molar-refractivity contribution >= 4 is 11.9 Å². The molecular formula is C6H10N2O2. The average Bonchev–Trinajstić information content (AvgIpc) is 1.82. The number of rotatable bonds is 2. The number of allylic oxidation sites excluding steroid dienone is 1. The predicted molar refractivity (Wildman–Crippen MR) is 37.2 cm³/mol. The first-order valence-corrected chi connectivity index (χ1v) is 2.87. The largest absolute Gasteiger partial charge is 0.351 e. The molecule has 4 nitrogen and oxygen atoms in total. The second-order valence-electron chi connectivity index (χ2n) is 1.69. The van der Waals surface area contributed by atoms with Crippen LogP contribution in [0.1, 0.15) is 13.3 Å². The second kappa shape index (κ2) is 4.55. The molecule has 0 aliphatic rings. The molecule has 0 aliphatic carbocycles. The van der Waals surface area contributed by atoms with Gasteiger partial charge in [0.05, 0.1) is 0 Å². The van der Waals surface area contributed by atoms with E-state index in [0.717, 1.165) is 0 Å². The Morgan fingerprint density at radius 2 is 2.20 bits per heavy atom. The molecule has 0 saturated carbocycles. The SMILES string of the molecule is C/C=C\CC(=O)NC(N)=O. The number of hydrogen-bond donors (Lipinski definition) is 2. The van der Waals surface area contributed by atoms with Crippen molar-refractivity contribution < 1.29 is 9.59 Å². The van der Waals surface area contributed by atoms with Gasteiger partial charge in [-0.05, 0) is 6.92 Å². The monoisotopic (exact) mass is 142 g/mol. The Morgan fingerprint density at radius 3 is 2.60 bits per heavy atom. The molecule has 0 rings (SSSR count). The highest BCUT2D eigenvalue weighted by Crippen LogP contribution is 1.80. The Morgan fingerprint density at radius 1 is 1.60 bits per heavy atom. The molecule has 3 N–H and O–H groups in total. The lowest BCUT2D eigenvalue weighted by molar-refractivity contribution is -0.119. The normalized spacial score (nSPS) is 9.70. The summed E-state index contributed by atoms with van der Waals surface area (Å²) in [6.45, 7) is 1.79. The van der Waals surface area contributed by atoms with Crippen molar-refractivity contribution in [2.75, 3.05) is 0 Å². The number of hydrogen-bond acceptors (Lipinski definition) is 2. The molecule has 0 bridgehead atoms. The minimum Gasteiger partial charge on any atom is -0.351 e. The first kappa shape index (κ1) is 8.68. The van der Waals surface area contributed by atoms with Crippen molar-refractivity contribution in [2.24, 2.45) is 5.73 Å².